The molecule has 0 saturated heterocycles. The number of benzene rings is 20. The third kappa shape index (κ3) is 12.1. The number of hydrogen-bond acceptors (Lipinski definition) is 4. The van der Waals surface area contributed by atoms with Crippen molar-refractivity contribution < 1.29 is 17.7 Å². The van der Waals surface area contributed by atoms with E-state index in [0.717, 1.165) is 156 Å². The molecule has 0 N–H and O–H groups in total. The molecule has 0 bridgehead atoms. The van der Waals surface area contributed by atoms with Crippen LogP contribution < -0.4 is 0 Å². The molecular formula is C116H78O4. The number of furan rings is 4. The lowest BCUT2D eigenvalue weighted by molar-refractivity contribution is 0.632. The zero-order valence-corrected chi connectivity index (χ0v) is 64.0. The van der Waals surface area contributed by atoms with Crippen molar-refractivity contribution in [3.05, 3.63) is 425 Å². The Labute approximate surface area is 695 Å². The Bertz CT molecular complexity index is 7500. The van der Waals surface area contributed by atoms with E-state index >= 15 is 0 Å². The van der Waals surface area contributed by atoms with E-state index in [9.17, 15) is 0 Å². The normalized spacial score (nSPS) is 11.5. The summed E-state index contributed by atoms with van der Waals surface area (Å²) in [5, 5.41) is 19.3. The first-order valence-electron chi connectivity index (χ1n) is 40.3. The van der Waals surface area contributed by atoms with Crippen LogP contribution in [0.4, 0.5) is 0 Å². The van der Waals surface area contributed by atoms with Gasteiger partial charge in [0.25, 0.3) is 0 Å². The Morgan fingerprint density at radius 1 is 0.133 bits per heavy atom. The molecule has 0 amide bonds. The van der Waals surface area contributed by atoms with Crippen molar-refractivity contribution in [2.45, 2.75) is 14.9 Å². The summed E-state index contributed by atoms with van der Waals surface area (Å²) >= 11 is 0. The monoisotopic (exact) mass is 1530 g/mol. The molecule has 4 heterocycles. The number of hydrogen-bond donors (Lipinski definition) is 0. The van der Waals surface area contributed by atoms with Crippen molar-refractivity contribution >= 4 is 109 Å². The van der Waals surface area contributed by atoms with Gasteiger partial charge in [0.1, 0.15) is 45.4 Å². The van der Waals surface area contributed by atoms with E-state index in [0.29, 0.717) is 0 Å². The van der Waals surface area contributed by atoms with Crippen LogP contribution in [-0.2, 0) is 0 Å². The molecule has 0 aliphatic heterocycles. The lowest BCUT2D eigenvalue weighted by Gasteiger charge is -2.17. The van der Waals surface area contributed by atoms with Crippen molar-refractivity contribution in [2.24, 2.45) is 0 Å². The highest BCUT2D eigenvalue weighted by molar-refractivity contribution is 6.29. The van der Waals surface area contributed by atoms with Crippen molar-refractivity contribution in [1.29, 1.82) is 0 Å². The summed E-state index contributed by atoms with van der Waals surface area (Å²) < 4.78 is 26.6. The van der Waals surface area contributed by atoms with E-state index < -0.39 is 0 Å². The van der Waals surface area contributed by atoms with Crippen molar-refractivity contribution in [3.63, 3.8) is 0 Å². The second kappa shape index (κ2) is 29.9. The van der Waals surface area contributed by atoms with Crippen molar-refractivity contribution in [3.8, 4) is 134 Å². The first kappa shape index (κ1) is 72.1. The van der Waals surface area contributed by atoms with Crippen LogP contribution >= 0.6 is 0 Å². The van der Waals surface area contributed by atoms with Crippen LogP contribution in [-0.4, -0.2) is 0 Å². The van der Waals surface area contributed by atoms with E-state index in [4.69, 9.17) is 17.7 Å². The van der Waals surface area contributed by atoms with Gasteiger partial charge in [-0.15, -0.1) is 0 Å². The molecule has 4 aromatic heterocycles. The van der Waals surface area contributed by atoms with Gasteiger partial charge in [0.05, 0.1) is 0 Å². The summed E-state index contributed by atoms with van der Waals surface area (Å²) in [7, 11) is 0. The molecule has 20 aromatic carbocycles. The minimum absolute atomic E-state index is 0. The fraction of sp³-hybridized carbons (Fsp3) is 0.0172. The number of fused-ring (bicyclic) bond motifs is 9. The predicted octanol–water partition coefficient (Wildman–Crippen LogP) is 34.0. The van der Waals surface area contributed by atoms with Crippen LogP contribution in [0.15, 0.2) is 442 Å². The maximum Gasteiger partial charge on any atom is 0.143 e. The first-order chi connectivity index (χ1) is 58.5. The first-order valence-corrected chi connectivity index (χ1v) is 40.3. The van der Waals surface area contributed by atoms with Gasteiger partial charge >= 0.3 is 0 Å². The molecule has 0 aliphatic rings. The average Bonchev–Trinajstić information content (AvgIpc) is 0.958. The van der Waals surface area contributed by atoms with Crippen molar-refractivity contribution in [2.75, 3.05) is 0 Å². The van der Waals surface area contributed by atoms with Gasteiger partial charge in [-0.2, -0.15) is 0 Å². The lowest BCUT2D eigenvalue weighted by atomic mass is 9.86. The standard InChI is InChI=1S/C58H36O2.C56H34O2.2CH4/c1-5-17-37(18-6-1)55-51-33-41(29-31-53(51)59-57(55)39-21-9-3-10-22-39)47-35-49-46-28-16-14-26-44(46)48(36-50(49)45-27-15-13-25-43(45)47)42-30-32-54-52(34-42)56(38-19-7-2-8-20-38)58(60-54)40-23-11-4-12-24-40;1-5-13-35(14-6-1)53-47-33-41(25-31-49(47)57-55(53)39-17-9-3-10-18-39)43-27-21-37-24-30-46-44(28-22-38-23-29-45(43)51(37)52(38)46)42-26-32-50-48(34-42)54(36-15-7-2-8-16-36)56(58-50)40-19-11-4-12-20-40;;/h1-36H;1-34H;2*1H4. The third-order valence-corrected chi connectivity index (χ3v) is 23.9. The molecule has 0 unspecified atom stereocenters. The maximum absolute atomic E-state index is 6.68. The zero-order valence-electron chi connectivity index (χ0n) is 64.0. The van der Waals surface area contributed by atoms with E-state index in [-0.39, 0.29) is 14.9 Å². The van der Waals surface area contributed by atoms with Crippen LogP contribution in [0.3, 0.4) is 0 Å². The van der Waals surface area contributed by atoms with Gasteiger partial charge in [0, 0.05) is 66.1 Å². The van der Waals surface area contributed by atoms with Gasteiger partial charge in [-0.25, -0.2) is 0 Å². The maximum atomic E-state index is 6.68. The SMILES string of the molecule is C.C.c1ccc(-c2oc3ccc(-c4cc5c6ccccc6c(-c6ccc7oc(-c8ccccc8)c(-c8ccccc8)c7c6)cc5c5ccccc45)cc3c2-c2ccccc2)cc1.c1ccc(-c2oc3ccc(-c4ccc5ccc6c(-c7ccc8oc(-c9ccccc9)c(-c9ccccc9)c8c7)ccc7ccc4c5c76)cc3c2-c2ccccc2)cc1. The smallest absolute Gasteiger partial charge is 0.143 e. The van der Waals surface area contributed by atoms with Gasteiger partial charge in [-0.3, -0.25) is 0 Å². The molecule has 0 aliphatic carbocycles. The van der Waals surface area contributed by atoms with Gasteiger partial charge in [0.15, 0.2) is 0 Å². The van der Waals surface area contributed by atoms with Gasteiger partial charge in [-0.05, 0) is 192 Å². The topological polar surface area (TPSA) is 52.6 Å². The molecule has 4 nitrogen and oxygen atoms in total. The molecule has 0 fully saturated rings. The average molecular weight is 1540 g/mol. The molecule has 24 rings (SSSR count). The molecular weight excluding hydrogens is 1460 g/mol. The van der Waals surface area contributed by atoms with Gasteiger partial charge in [0.2, 0.25) is 0 Å². The lowest BCUT2D eigenvalue weighted by Crippen LogP contribution is -1.89. The Kier molecular flexibility index (Phi) is 18.0. The summed E-state index contributed by atoms with van der Waals surface area (Å²) in [5.74, 6) is 3.55. The minimum Gasteiger partial charge on any atom is -0.455 e. The Morgan fingerprint density at radius 2 is 0.358 bits per heavy atom. The zero-order chi connectivity index (χ0) is 77.7. The van der Waals surface area contributed by atoms with E-state index in [1.165, 1.54) is 86.9 Å². The number of rotatable bonds is 12. The second-order valence-electron chi connectivity index (χ2n) is 30.7. The summed E-state index contributed by atoms with van der Waals surface area (Å²) in [6.45, 7) is 0. The fourth-order valence-electron chi connectivity index (χ4n) is 18.5. The molecule has 24 aromatic rings. The Hall–Kier alpha value is -15.6. The highest BCUT2D eigenvalue weighted by Crippen LogP contribution is 2.52. The summed E-state index contributed by atoms with van der Waals surface area (Å²) in [6, 6.07) is 152. The molecule has 566 valence electrons. The van der Waals surface area contributed by atoms with Gasteiger partial charge in [-0.1, -0.05) is 379 Å². The summed E-state index contributed by atoms with van der Waals surface area (Å²) in [5.41, 5.74) is 26.2. The summed E-state index contributed by atoms with van der Waals surface area (Å²) in [6.07, 6.45) is 0. The third-order valence-electron chi connectivity index (χ3n) is 23.9. The molecule has 0 spiro atoms. The Morgan fingerprint density at radius 3 is 0.625 bits per heavy atom. The minimum atomic E-state index is 0. The van der Waals surface area contributed by atoms with Crippen LogP contribution in [0.5, 0.6) is 0 Å². The predicted molar refractivity (Wildman–Crippen MR) is 507 cm³/mol. The van der Waals surface area contributed by atoms with Crippen LogP contribution in [0, 0.1) is 0 Å². The molecule has 0 saturated carbocycles. The quantitative estimate of drug-likeness (QED) is 0.114. The molecule has 0 radical (unpaired) electrons. The van der Waals surface area contributed by atoms with E-state index in [2.05, 4.69) is 400 Å². The van der Waals surface area contributed by atoms with Crippen LogP contribution in [0.1, 0.15) is 14.9 Å². The van der Waals surface area contributed by atoms with Crippen molar-refractivity contribution in [1.82, 2.24) is 0 Å². The molecule has 0 atom stereocenters. The highest BCUT2D eigenvalue weighted by Gasteiger charge is 2.26. The Balaban J connectivity index is 0.000000146. The van der Waals surface area contributed by atoms with Crippen LogP contribution in [0.25, 0.3) is 243 Å². The largest absolute Gasteiger partial charge is 0.455 e. The van der Waals surface area contributed by atoms with Crippen LogP contribution in [0.2, 0.25) is 0 Å². The summed E-state index contributed by atoms with van der Waals surface area (Å²) in [4.78, 5) is 0. The second-order valence-corrected chi connectivity index (χ2v) is 30.7. The van der Waals surface area contributed by atoms with E-state index in [1.807, 2.05) is 24.3 Å². The highest BCUT2D eigenvalue weighted by atomic mass is 16.3. The van der Waals surface area contributed by atoms with E-state index in [1.54, 1.807) is 0 Å². The fourth-order valence-corrected chi connectivity index (χ4v) is 18.5. The van der Waals surface area contributed by atoms with Gasteiger partial charge < -0.3 is 17.7 Å². The molecule has 4 heteroatoms. The molecule has 120 heavy (non-hydrogen) atoms.